The van der Waals surface area contributed by atoms with E-state index in [1.54, 1.807) is 0 Å². The summed E-state index contributed by atoms with van der Waals surface area (Å²) in [5.74, 6) is 0. The molecule has 2 aromatic carbocycles. The normalized spacial score (nSPS) is 12.5. The third kappa shape index (κ3) is 1.11. The second-order valence-electron chi connectivity index (χ2n) is 4.82. The fraction of sp³-hybridized carbons (Fsp3) is 0. The Hall–Kier alpha value is -1.58. The van der Waals surface area contributed by atoms with Crippen molar-refractivity contribution in [1.82, 2.24) is 4.40 Å². The number of halogens is 1. The molecule has 3 aromatic heterocycles. The van der Waals surface area contributed by atoms with Crippen molar-refractivity contribution in [2.75, 3.05) is 0 Å². The summed E-state index contributed by atoms with van der Waals surface area (Å²) < 4.78 is 4.97. The van der Waals surface area contributed by atoms with Crippen LogP contribution >= 0.6 is 27.3 Å². The molecule has 0 aliphatic carbocycles. The lowest BCUT2D eigenvalue weighted by atomic mass is 10.1. The molecule has 5 rings (SSSR count). The minimum absolute atomic E-state index is 1.19. The van der Waals surface area contributed by atoms with Crippen molar-refractivity contribution in [1.29, 1.82) is 0 Å². The van der Waals surface area contributed by atoms with Crippen LogP contribution in [0.1, 0.15) is 0 Å². The second-order valence-corrected chi connectivity index (χ2v) is 7.25. The third-order valence-electron chi connectivity index (χ3n) is 3.86. The van der Waals surface area contributed by atoms with E-state index in [1.165, 1.54) is 41.2 Å². The molecule has 90 valence electrons. The Kier molecular flexibility index (Phi) is 1.78. The Balaban J connectivity index is 2.30. The maximum atomic E-state index is 3.62. The number of thiophene rings is 1. The zero-order chi connectivity index (χ0) is 12.6. The van der Waals surface area contributed by atoms with Gasteiger partial charge in [-0.2, -0.15) is 0 Å². The first-order chi connectivity index (χ1) is 9.34. The Morgan fingerprint density at radius 3 is 2.58 bits per heavy atom. The fourth-order valence-electron chi connectivity index (χ4n) is 3.16. The van der Waals surface area contributed by atoms with Crippen LogP contribution in [0.3, 0.4) is 0 Å². The molecular weight excluding hydrogens is 318 g/mol. The molecule has 0 saturated heterocycles. The number of hydrogen-bond acceptors (Lipinski definition) is 1. The molecule has 0 saturated carbocycles. The van der Waals surface area contributed by atoms with Gasteiger partial charge in [-0.15, -0.1) is 11.3 Å². The lowest BCUT2D eigenvalue weighted by molar-refractivity contribution is 1.37. The molecule has 0 spiro atoms. The van der Waals surface area contributed by atoms with Gasteiger partial charge in [0.1, 0.15) is 0 Å². The highest BCUT2D eigenvalue weighted by molar-refractivity contribution is 9.11. The van der Waals surface area contributed by atoms with Gasteiger partial charge in [-0.3, -0.25) is 0 Å². The van der Waals surface area contributed by atoms with Crippen molar-refractivity contribution in [2.24, 2.45) is 0 Å². The number of benzene rings is 2. The highest BCUT2D eigenvalue weighted by Gasteiger charge is 2.17. The fourth-order valence-corrected chi connectivity index (χ4v) is 4.76. The summed E-state index contributed by atoms with van der Waals surface area (Å²) in [5, 5.41) is 4.05. The molecule has 0 unspecified atom stereocenters. The minimum Gasteiger partial charge on any atom is -0.307 e. The molecule has 1 nitrogen and oxygen atoms in total. The number of hydrogen-bond donors (Lipinski definition) is 0. The van der Waals surface area contributed by atoms with Crippen molar-refractivity contribution >= 4 is 64.7 Å². The summed E-state index contributed by atoms with van der Waals surface area (Å²) >= 11 is 5.43. The van der Waals surface area contributed by atoms with Crippen LogP contribution < -0.4 is 0 Å². The molecule has 0 N–H and O–H groups in total. The monoisotopic (exact) mass is 325 g/mol. The van der Waals surface area contributed by atoms with Crippen molar-refractivity contribution < 1.29 is 0 Å². The largest absolute Gasteiger partial charge is 0.307 e. The zero-order valence-electron chi connectivity index (χ0n) is 9.85. The SMILES string of the molecule is Brc1cc2c(s1)c1cccc3c4ccccc4n2c31. The highest BCUT2D eigenvalue weighted by Crippen LogP contribution is 2.42. The number of nitrogens with zero attached hydrogens (tertiary/aromatic N) is 1. The Labute approximate surface area is 121 Å². The van der Waals surface area contributed by atoms with Crippen LogP contribution in [0, 0.1) is 0 Å². The summed E-state index contributed by atoms with van der Waals surface area (Å²) in [7, 11) is 0. The summed E-state index contributed by atoms with van der Waals surface area (Å²) in [5.41, 5.74) is 3.97. The predicted molar refractivity (Wildman–Crippen MR) is 86.7 cm³/mol. The van der Waals surface area contributed by atoms with Crippen LogP contribution in [0.25, 0.3) is 37.4 Å². The first kappa shape index (κ1) is 10.2. The van der Waals surface area contributed by atoms with E-state index in [4.69, 9.17) is 0 Å². The van der Waals surface area contributed by atoms with Crippen LogP contribution in [0.5, 0.6) is 0 Å². The van der Waals surface area contributed by atoms with E-state index < -0.39 is 0 Å². The molecule has 3 heterocycles. The molecule has 19 heavy (non-hydrogen) atoms. The highest BCUT2D eigenvalue weighted by atomic mass is 79.9. The van der Waals surface area contributed by atoms with Gasteiger partial charge in [-0.25, -0.2) is 0 Å². The summed E-state index contributed by atoms with van der Waals surface area (Å²) in [4.78, 5) is 0. The van der Waals surface area contributed by atoms with Crippen LogP contribution in [0.2, 0.25) is 0 Å². The van der Waals surface area contributed by atoms with E-state index in [2.05, 4.69) is 68.9 Å². The quantitative estimate of drug-likeness (QED) is 0.346. The minimum atomic E-state index is 1.19. The Bertz CT molecular complexity index is 1070. The molecule has 0 radical (unpaired) electrons. The van der Waals surface area contributed by atoms with Gasteiger partial charge in [0, 0.05) is 16.2 Å². The molecule has 0 aliphatic rings. The van der Waals surface area contributed by atoms with Gasteiger partial charge in [0.05, 0.1) is 25.0 Å². The van der Waals surface area contributed by atoms with E-state index in [9.17, 15) is 0 Å². The van der Waals surface area contributed by atoms with E-state index in [1.807, 2.05) is 11.3 Å². The van der Waals surface area contributed by atoms with Crippen molar-refractivity contribution in [3.63, 3.8) is 0 Å². The summed E-state index contributed by atoms with van der Waals surface area (Å²) in [6, 6.07) is 17.5. The second kappa shape index (κ2) is 3.30. The van der Waals surface area contributed by atoms with E-state index in [0.29, 0.717) is 0 Å². The molecular formula is C16H8BrNS. The number of para-hydroxylation sites is 2. The predicted octanol–water partition coefficient (Wildman–Crippen LogP) is 5.66. The zero-order valence-corrected chi connectivity index (χ0v) is 12.3. The van der Waals surface area contributed by atoms with Gasteiger partial charge in [-0.05, 0) is 28.1 Å². The first-order valence-corrected chi connectivity index (χ1v) is 7.78. The topological polar surface area (TPSA) is 4.41 Å². The molecule has 0 amide bonds. The van der Waals surface area contributed by atoms with Gasteiger partial charge in [0.2, 0.25) is 0 Å². The van der Waals surface area contributed by atoms with Gasteiger partial charge in [0.25, 0.3) is 0 Å². The third-order valence-corrected chi connectivity index (χ3v) is 5.52. The van der Waals surface area contributed by atoms with Crippen molar-refractivity contribution in [3.8, 4) is 0 Å². The smallest absolute Gasteiger partial charge is 0.0726 e. The summed E-state index contributed by atoms with van der Waals surface area (Å²) in [6.45, 7) is 0. The number of aromatic nitrogens is 1. The maximum absolute atomic E-state index is 3.62. The molecule has 3 heteroatoms. The van der Waals surface area contributed by atoms with E-state index >= 15 is 0 Å². The Morgan fingerprint density at radius 1 is 0.842 bits per heavy atom. The van der Waals surface area contributed by atoms with Crippen LogP contribution in [-0.2, 0) is 0 Å². The standard InChI is InChI=1S/C16H8BrNS/c17-14-8-13-16(19-14)11-6-3-5-10-9-4-1-2-7-12(9)18(13)15(10)11/h1-8H. The number of rotatable bonds is 0. The van der Waals surface area contributed by atoms with Gasteiger partial charge >= 0.3 is 0 Å². The van der Waals surface area contributed by atoms with E-state index in [-0.39, 0.29) is 0 Å². The average Bonchev–Trinajstić information content (AvgIpc) is 3.04. The maximum Gasteiger partial charge on any atom is 0.0726 e. The van der Waals surface area contributed by atoms with Crippen molar-refractivity contribution in [3.05, 3.63) is 52.3 Å². The molecule has 0 aliphatic heterocycles. The van der Waals surface area contributed by atoms with Crippen molar-refractivity contribution in [2.45, 2.75) is 0 Å². The molecule has 5 aromatic rings. The molecule has 0 fully saturated rings. The van der Waals surface area contributed by atoms with Gasteiger partial charge < -0.3 is 4.40 Å². The van der Waals surface area contributed by atoms with E-state index in [0.717, 1.165) is 0 Å². The molecule has 0 bridgehead atoms. The van der Waals surface area contributed by atoms with Crippen LogP contribution in [0.4, 0.5) is 0 Å². The lowest BCUT2D eigenvalue weighted by Gasteiger charge is -1.92. The Morgan fingerprint density at radius 2 is 1.63 bits per heavy atom. The van der Waals surface area contributed by atoms with Gasteiger partial charge in [0.15, 0.2) is 0 Å². The first-order valence-electron chi connectivity index (χ1n) is 6.17. The van der Waals surface area contributed by atoms with Crippen LogP contribution in [-0.4, -0.2) is 4.40 Å². The van der Waals surface area contributed by atoms with Crippen LogP contribution in [0.15, 0.2) is 52.3 Å². The molecule has 0 atom stereocenters. The number of fused-ring (bicyclic) bond motifs is 6. The lowest BCUT2D eigenvalue weighted by Crippen LogP contribution is -1.77. The summed E-state index contributed by atoms with van der Waals surface area (Å²) in [6.07, 6.45) is 0. The average molecular weight is 326 g/mol. The van der Waals surface area contributed by atoms with Gasteiger partial charge in [-0.1, -0.05) is 36.4 Å².